The molecule has 4 aromatic rings. The first-order chi connectivity index (χ1) is 16.2. The number of fused-ring (bicyclic) bond motifs is 1. The van der Waals surface area contributed by atoms with E-state index in [1.807, 2.05) is 64.1 Å². The maximum absolute atomic E-state index is 13.1. The van der Waals surface area contributed by atoms with Crippen LogP contribution in [0.25, 0.3) is 10.2 Å². The summed E-state index contributed by atoms with van der Waals surface area (Å²) < 4.78 is 0.862. The van der Waals surface area contributed by atoms with Crippen LogP contribution in [-0.4, -0.2) is 16.8 Å². The Balaban J connectivity index is 1.34. The highest BCUT2D eigenvalue weighted by Gasteiger charge is 2.51. The van der Waals surface area contributed by atoms with Crippen molar-refractivity contribution in [3.05, 3.63) is 88.0 Å². The van der Waals surface area contributed by atoms with Crippen molar-refractivity contribution in [1.29, 1.82) is 0 Å². The first-order valence-corrected chi connectivity index (χ1v) is 12.3. The largest absolute Gasteiger partial charge is 0.322 e. The number of hydrogen-bond donors (Lipinski definition) is 2. The molecule has 6 heteroatoms. The number of aryl methyl sites for hydroxylation is 4. The highest BCUT2D eigenvalue weighted by Crippen LogP contribution is 2.49. The van der Waals surface area contributed by atoms with Crippen molar-refractivity contribution in [1.82, 2.24) is 4.98 Å². The van der Waals surface area contributed by atoms with Crippen molar-refractivity contribution < 1.29 is 9.59 Å². The standard InChI is InChI=1S/C28H27N3O2S/c1-16-5-8-21(9-6-16)28(11-12-28)26(33)31-27-29-22-10-7-20(15-23(22)34-27)25(32)30-24-18(3)13-17(2)14-19(24)4/h5-10,13-15H,11-12H2,1-4H3,(H,30,32)(H,29,31,33). The van der Waals surface area contributed by atoms with Crippen LogP contribution in [0, 0.1) is 27.7 Å². The number of carbonyl (C=O) groups is 2. The second-order valence-electron chi connectivity index (χ2n) is 9.33. The summed E-state index contributed by atoms with van der Waals surface area (Å²) in [6.45, 7) is 8.09. The molecule has 1 aromatic heterocycles. The number of amides is 2. The molecule has 2 N–H and O–H groups in total. The predicted molar refractivity (Wildman–Crippen MR) is 139 cm³/mol. The van der Waals surface area contributed by atoms with Crippen LogP contribution in [0.4, 0.5) is 10.8 Å². The van der Waals surface area contributed by atoms with E-state index >= 15 is 0 Å². The monoisotopic (exact) mass is 469 g/mol. The topological polar surface area (TPSA) is 71.1 Å². The van der Waals surface area contributed by atoms with Crippen molar-refractivity contribution in [3.63, 3.8) is 0 Å². The van der Waals surface area contributed by atoms with Crippen LogP contribution in [0.2, 0.25) is 0 Å². The van der Waals surface area contributed by atoms with Gasteiger partial charge < -0.3 is 10.6 Å². The van der Waals surface area contributed by atoms with E-state index in [0.29, 0.717) is 10.7 Å². The number of aromatic nitrogens is 1. The van der Waals surface area contributed by atoms with E-state index in [-0.39, 0.29) is 11.8 Å². The predicted octanol–water partition coefficient (Wildman–Crippen LogP) is 6.45. The SMILES string of the molecule is Cc1ccc(C2(C(=O)Nc3nc4ccc(C(=O)Nc5c(C)cc(C)cc5C)cc4s3)CC2)cc1. The summed E-state index contributed by atoms with van der Waals surface area (Å²) >= 11 is 1.39. The third kappa shape index (κ3) is 4.10. The van der Waals surface area contributed by atoms with Crippen LogP contribution < -0.4 is 10.6 Å². The number of benzene rings is 3. The van der Waals surface area contributed by atoms with Gasteiger partial charge in [-0.05, 0) is 75.4 Å². The molecule has 0 spiro atoms. The van der Waals surface area contributed by atoms with Crippen molar-refractivity contribution in [3.8, 4) is 0 Å². The number of hydrogen-bond acceptors (Lipinski definition) is 4. The molecular formula is C28H27N3O2S. The normalized spacial score (nSPS) is 14.1. The lowest BCUT2D eigenvalue weighted by Crippen LogP contribution is -2.27. The van der Waals surface area contributed by atoms with Crippen LogP contribution in [-0.2, 0) is 10.2 Å². The highest BCUT2D eigenvalue weighted by atomic mass is 32.1. The van der Waals surface area contributed by atoms with Gasteiger partial charge in [-0.25, -0.2) is 4.98 Å². The molecule has 1 aliphatic carbocycles. The van der Waals surface area contributed by atoms with E-state index in [9.17, 15) is 9.59 Å². The Morgan fingerprint density at radius 1 is 0.853 bits per heavy atom. The van der Waals surface area contributed by atoms with Crippen LogP contribution in [0.3, 0.4) is 0 Å². The molecule has 5 nitrogen and oxygen atoms in total. The molecule has 1 saturated carbocycles. The molecule has 5 rings (SSSR count). The van der Waals surface area contributed by atoms with Crippen LogP contribution in [0.15, 0.2) is 54.6 Å². The smallest absolute Gasteiger partial charge is 0.255 e. The van der Waals surface area contributed by atoms with Crippen LogP contribution >= 0.6 is 11.3 Å². The van der Waals surface area contributed by atoms with Gasteiger partial charge in [0.25, 0.3) is 5.91 Å². The number of anilines is 2. The Morgan fingerprint density at radius 2 is 1.53 bits per heavy atom. The third-order valence-corrected chi connectivity index (χ3v) is 7.51. The number of rotatable bonds is 5. The summed E-state index contributed by atoms with van der Waals surface area (Å²) in [7, 11) is 0. The molecular weight excluding hydrogens is 442 g/mol. The Morgan fingerprint density at radius 3 is 2.18 bits per heavy atom. The first-order valence-electron chi connectivity index (χ1n) is 11.4. The molecule has 1 aliphatic rings. The number of carbonyl (C=O) groups excluding carboxylic acids is 2. The Kier molecular flexibility index (Phi) is 5.48. The van der Waals surface area contributed by atoms with Crippen molar-refractivity contribution >= 4 is 44.2 Å². The molecule has 0 bridgehead atoms. The lowest BCUT2D eigenvalue weighted by atomic mass is 9.94. The van der Waals surface area contributed by atoms with Crippen molar-refractivity contribution in [2.75, 3.05) is 10.6 Å². The van der Waals surface area contributed by atoms with Crippen molar-refractivity contribution in [2.45, 2.75) is 46.0 Å². The van der Waals surface area contributed by atoms with Gasteiger partial charge in [0.15, 0.2) is 5.13 Å². The van der Waals surface area contributed by atoms with Gasteiger partial charge in [0.05, 0.1) is 15.6 Å². The van der Waals surface area contributed by atoms with E-state index < -0.39 is 5.41 Å². The molecule has 34 heavy (non-hydrogen) atoms. The van der Waals surface area contributed by atoms with Gasteiger partial charge in [-0.1, -0.05) is 58.9 Å². The molecule has 0 atom stereocenters. The van der Waals surface area contributed by atoms with E-state index in [1.165, 1.54) is 22.5 Å². The van der Waals surface area contributed by atoms with E-state index in [1.54, 1.807) is 6.07 Å². The molecule has 2 amide bonds. The van der Waals surface area contributed by atoms with Crippen molar-refractivity contribution in [2.24, 2.45) is 0 Å². The Labute approximate surface area is 203 Å². The third-order valence-electron chi connectivity index (χ3n) is 6.58. The first kappa shape index (κ1) is 22.3. The average Bonchev–Trinajstić information content (AvgIpc) is 3.50. The summed E-state index contributed by atoms with van der Waals surface area (Å²) in [5, 5.41) is 6.63. The fraction of sp³-hybridized carbons (Fsp3) is 0.250. The zero-order valence-corrected chi connectivity index (χ0v) is 20.6. The summed E-state index contributed by atoms with van der Waals surface area (Å²) in [4.78, 5) is 30.7. The maximum atomic E-state index is 13.1. The van der Waals surface area contributed by atoms with Gasteiger partial charge in [-0.15, -0.1) is 0 Å². The number of nitrogens with one attached hydrogen (secondary N) is 2. The van der Waals surface area contributed by atoms with Crippen LogP contribution in [0.5, 0.6) is 0 Å². The molecule has 0 unspecified atom stereocenters. The minimum atomic E-state index is -0.458. The molecule has 1 fully saturated rings. The minimum absolute atomic E-state index is 0.0151. The highest BCUT2D eigenvalue weighted by molar-refractivity contribution is 7.22. The molecule has 0 saturated heterocycles. The molecule has 0 aliphatic heterocycles. The summed E-state index contributed by atoms with van der Waals surface area (Å²) in [5.74, 6) is -0.175. The van der Waals surface area contributed by atoms with E-state index in [0.717, 1.165) is 45.4 Å². The average molecular weight is 470 g/mol. The molecule has 1 heterocycles. The molecule has 0 radical (unpaired) electrons. The van der Waals surface area contributed by atoms with Gasteiger partial charge in [-0.2, -0.15) is 0 Å². The maximum Gasteiger partial charge on any atom is 0.255 e. The van der Waals surface area contributed by atoms with Gasteiger partial charge >= 0.3 is 0 Å². The minimum Gasteiger partial charge on any atom is -0.322 e. The van der Waals surface area contributed by atoms with E-state index in [4.69, 9.17) is 0 Å². The van der Waals surface area contributed by atoms with Gasteiger partial charge in [0.1, 0.15) is 0 Å². The van der Waals surface area contributed by atoms with Gasteiger partial charge in [-0.3, -0.25) is 9.59 Å². The van der Waals surface area contributed by atoms with Crippen LogP contribution in [0.1, 0.15) is 51.0 Å². The molecule has 3 aromatic carbocycles. The fourth-order valence-electron chi connectivity index (χ4n) is 4.54. The Bertz CT molecular complexity index is 1410. The fourth-order valence-corrected chi connectivity index (χ4v) is 5.44. The quantitative estimate of drug-likeness (QED) is 0.353. The second kappa shape index (κ2) is 8.37. The number of thiazole rings is 1. The summed E-state index contributed by atoms with van der Waals surface area (Å²) in [6, 6.07) is 17.8. The summed E-state index contributed by atoms with van der Waals surface area (Å²) in [5.41, 5.74) is 7.19. The summed E-state index contributed by atoms with van der Waals surface area (Å²) in [6.07, 6.45) is 1.68. The van der Waals surface area contributed by atoms with Gasteiger partial charge in [0, 0.05) is 11.3 Å². The second-order valence-corrected chi connectivity index (χ2v) is 10.4. The number of nitrogens with zero attached hydrogens (tertiary/aromatic N) is 1. The van der Waals surface area contributed by atoms with E-state index in [2.05, 4.69) is 27.8 Å². The zero-order chi connectivity index (χ0) is 24.0. The lowest BCUT2D eigenvalue weighted by Gasteiger charge is -2.14. The molecule has 172 valence electrons. The zero-order valence-electron chi connectivity index (χ0n) is 19.8. The van der Waals surface area contributed by atoms with Gasteiger partial charge in [0.2, 0.25) is 5.91 Å². The lowest BCUT2D eigenvalue weighted by molar-refractivity contribution is -0.118. The Hall–Kier alpha value is -3.51.